The Labute approximate surface area is 197 Å². The lowest BCUT2D eigenvalue weighted by Crippen LogP contribution is -2.76. The fourth-order valence-electron chi connectivity index (χ4n) is 2.97. The molecule has 16 heteroatoms. The number of carbonyl (C=O) groups excluding carboxylic acids is 2. The molecule has 1 aromatic heterocycles. The fourth-order valence-corrected chi connectivity index (χ4v) is 3.97. The first-order chi connectivity index (χ1) is 15.8. The zero-order valence-electron chi connectivity index (χ0n) is 17.9. The Bertz CT molecular complexity index is 1260. The molecule has 0 aliphatic carbocycles. The molecular weight excluding hydrogens is 490 g/mol. The van der Waals surface area contributed by atoms with Gasteiger partial charge in [0, 0.05) is 10.9 Å². The number of thiazole rings is 1. The number of amides is 2. The topological polar surface area (TPSA) is 223 Å². The first-order valence-corrected chi connectivity index (χ1v) is 11.7. The highest BCUT2D eigenvalue weighted by Crippen LogP contribution is 2.32. The van der Waals surface area contributed by atoms with E-state index in [4.69, 9.17) is 26.3 Å². The summed E-state index contributed by atoms with van der Waals surface area (Å²) >= 11 is 1.06. The molecule has 0 bridgehead atoms. The van der Waals surface area contributed by atoms with Gasteiger partial charge < -0.3 is 21.6 Å². The number of amidine groups is 1. The Morgan fingerprint density at radius 2 is 2.03 bits per heavy atom. The molecule has 34 heavy (non-hydrogen) atoms. The quantitative estimate of drug-likeness (QED) is 0.0977. The summed E-state index contributed by atoms with van der Waals surface area (Å²) < 4.78 is 35.0. The second-order valence-corrected chi connectivity index (χ2v) is 9.48. The van der Waals surface area contributed by atoms with Gasteiger partial charge in [-0.25, -0.2) is 4.98 Å². The van der Waals surface area contributed by atoms with Gasteiger partial charge in [-0.15, -0.1) is 15.6 Å². The van der Waals surface area contributed by atoms with Crippen molar-refractivity contribution in [1.82, 2.24) is 15.4 Å². The summed E-state index contributed by atoms with van der Waals surface area (Å²) in [7, 11) is -4.94. The van der Waals surface area contributed by atoms with Crippen LogP contribution in [0.4, 0.5) is 5.13 Å². The zero-order chi connectivity index (χ0) is 25.3. The summed E-state index contributed by atoms with van der Waals surface area (Å²) in [6.07, 6.45) is 0. The average molecular weight is 512 g/mol. The Morgan fingerprint density at radius 3 is 2.53 bits per heavy atom. The van der Waals surface area contributed by atoms with Crippen molar-refractivity contribution in [3.05, 3.63) is 46.5 Å². The van der Waals surface area contributed by atoms with Gasteiger partial charge in [0.25, 0.3) is 11.8 Å². The number of anilines is 1. The lowest BCUT2D eigenvalue weighted by Gasteiger charge is -2.50. The Hall–Kier alpha value is -3.60. The van der Waals surface area contributed by atoms with Crippen LogP contribution in [-0.4, -0.2) is 58.0 Å². The predicted octanol–water partition coefficient (Wildman–Crippen LogP) is -0.230. The van der Waals surface area contributed by atoms with Gasteiger partial charge >= 0.3 is 10.4 Å². The number of hydrogen-bond donors (Lipinski definition) is 5. The number of β-lactam (4-membered cyclic amide) rings is 1. The van der Waals surface area contributed by atoms with Crippen molar-refractivity contribution < 1.29 is 31.7 Å². The van der Waals surface area contributed by atoms with E-state index in [1.807, 2.05) is 0 Å². The van der Waals surface area contributed by atoms with E-state index in [9.17, 15) is 18.0 Å². The number of aromatic nitrogens is 1. The summed E-state index contributed by atoms with van der Waals surface area (Å²) in [5.41, 5.74) is 10.8. The number of hydrogen-bond acceptors (Lipinski definition) is 11. The molecule has 2 amide bonds. The second-order valence-electron chi connectivity index (χ2n) is 7.59. The molecule has 2 aromatic rings. The molecule has 1 aromatic carbocycles. The van der Waals surface area contributed by atoms with Crippen molar-refractivity contribution in [3.8, 4) is 0 Å². The standard InChI is InChI=1S/C18H21N7O7S2/c1-18(2)13(16(27)25(18)32-34(28,29)30)23-15(26)12(11-8-33-17(21)22-11)24-31-7-9-3-5-10(6-4-9)14(19)20/h3-6,8,13H,7H2,1-2H3,(H3,19,20)(H2,21,22)(H,23,26)(H,28,29,30)/b24-12-/t13-/m1/s1. The highest BCUT2D eigenvalue weighted by atomic mass is 32.3. The van der Waals surface area contributed by atoms with Gasteiger partial charge in [-0.3, -0.25) is 19.6 Å². The van der Waals surface area contributed by atoms with Gasteiger partial charge in [-0.1, -0.05) is 29.4 Å². The van der Waals surface area contributed by atoms with Crippen LogP contribution in [0, 0.1) is 5.41 Å². The van der Waals surface area contributed by atoms with Crippen LogP contribution in [0.5, 0.6) is 0 Å². The van der Waals surface area contributed by atoms with Crippen LogP contribution in [0.2, 0.25) is 0 Å². The molecule has 0 saturated carbocycles. The second kappa shape index (κ2) is 9.34. The minimum atomic E-state index is -4.94. The van der Waals surface area contributed by atoms with E-state index in [-0.39, 0.29) is 29.0 Å². The van der Waals surface area contributed by atoms with Crippen molar-refractivity contribution in [3.63, 3.8) is 0 Å². The van der Waals surface area contributed by atoms with Crippen molar-refractivity contribution in [2.75, 3.05) is 5.73 Å². The third-order valence-electron chi connectivity index (χ3n) is 4.75. The number of nitrogens with one attached hydrogen (secondary N) is 2. The van der Waals surface area contributed by atoms with Crippen molar-refractivity contribution in [2.45, 2.75) is 32.0 Å². The van der Waals surface area contributed by atoms with Crippen molar-refractivity contribution in [2.24, 2.45) is 10.9 Å². The number of nitrogens with two attached hydrogens (primary N) is 2. The number of rotatable bonds is 9. The van der Waals surface area contributed by atoms with Crippen molar-refractivity contribution in [1.29, 1.82) is 5.41 Å². The van der Waals surface area contributed by atoms with Gasteiger partial charge in [-0.2, -0.15) is 13.5 Å². The number of carbonyl (C=O) groups is 2. The van der Waals surface area contributed by atoms with E-state index in [0.717, 1.165) is 11.3 Å². The van der Waals surface area contributed by atoms with E-state index in [1.54, 1.807) is 24.3 Å². The van der Waals surface area contributed by atoms with Gasteiger partial charge in [0.15, 0.2) is 10.8 Å². The molecule has 1 aliphatic heterocycles. The Morgan fingerprint density at radius 1 is 1.38 bits per heavy atom. The number of oxime groups is 1. The minimum Gasteiger partial charge on any atom is -0.390 e. The molecule has 1 saturated heterocycles. The van der Waals surface area contributed by atoms with Gasteiger partial charge in [-0.05, 0) is 19.4 Å². The maximum atomic E-state index is 12.9. The summed E-state index contributed by atoms with van der Waals surface area (Å²) in [6, 6.07) is 5.41. The van der Waals surface area contributed by atoms with Crippen LogP contribution in [0.3, 0.4) is 0 Å². The van der Waals surface area contributed by atoms with E-state index in [1.165, 1.54) is 19.2 Å². The van der Waals surface area contributed by atoms with Crippen LogP contribution in [0.15, 0.2) is 34.8 Å². The molecule has 0 radical (unpaired) electrons. The first-order valence-electron chi connectivity index (χ1n) is 9.46. The lowest BCUT2D eigenvalue weighted by atomic mass is 9.84. The Kier molecular flexibility index (Phi) is 6.87. The van der Waals surface area contributed by atoms with Crippen molar-refractivity contribution >= 4 is 50.2 Å². The van der Waals surface area contributed by atoms with Gasteiger partial charge in [0.1, 0.15) is 24.2 Å². The minimum absolute atomic E-state index is 0.0294. The van der Waals surface area contributed by atoms with Crippen LogP contribution in [0.1, 0.15) is 30.7 Å². The number of nitrogens with zero attached hydrogens (tertiary/aromatic N) is 3. The molecule has 7 N–H and O–H groups in total. The zero-order valence-corrected chi connectivity index (χ0v) is 19.5. The largest absolute Gasteiger partial charge is 0.418 e. The maximum absolute atomic E-state index is 12.9. The molecule has 3 rings (SSSR count). The Balaban J connectivity index is 1.75. The van der Waals surface area contributed by atoms with Gasteiger partial charge in [0.2, 0.25) is 0 Å². The summed E-state index contributed by atoms with van der Waals surface area (Å²) in [5.74, 6) is -1.82. The molecule has 2 heterocycles. The molecule has 1 fully saturated rings. The molecule has 0 unspecified atom stereocenters. The highest BCUT2D eigenvalue weighted by molar-refractivity contribution is 7.80. The normalized spacial score (nSPS) is 17.7. The highest BCUT2D eigenvalue weighted by Gasteiger charge is 2.58. The summed E-state index contributed by atoms with van der Waals surface area (Å²) in [5, 5.41) is 15.8. The fraction of sp³-hybridized carbons (Fsp3) is 0.278. The molecule has 0 spiro atoms. The SMILES string of the molecule is CC1(C)[C@H](NC(=O)/C(=N\OCc2ccc(C(=N)N)cc2)c2csc(N)n2)C(=O)N1OS(=O)(=O)O. The third-order valence-corrected chi connectivity index (χ3v) is 5.76. The lowest BCUT2D eigenvalue weighted by molar-refractivity contribution is -0.218. The summed E-state index contributed by atoms with van der Waals surface area (Å²) in [6.45, 7) is 2.81. The van der Waals surface area contributed by atoms with E-state index >= 15 is 0 Å². The van der Waals surface area contributed by atoms with Crippen LogP contribution in [0.25, 0.3) is 0 Å². The van der Waals surface area contributed by atoms with E-state index in [0.29, 0.717) is 16.2 Å². The first kappa shape index (κ1) is 25.0. The third kappa shape index (κ3) is 5.48. The summed E-state index contributed by atoms with van der Waals surface area (Å²) in [4.78, 5) is 34.6. The smallest absolute Gasteiger partial charge is 0.390 e. The van der Waals surface area contributed by atoms with Crippen LogP contribution in [-0.2, 0) is 35.7 Å². The predicted molar refractivity (Wildman–Crippen MR) is 121 cm³/mol. The van der Waals surface area contributed by atoms with E-state index in [2.05, 4.69) is 19.7 Å². The molecule has 1 aliphatic rings. The van der Waals surface area contributed by atoms with Crippen LogP contribution >= 0.6 is 11.3 Å². The number of benzene rings is 1. The molecule has 182 valence electrons. The molecule has 14 nitrogen and oxygen atoms in total. The van der Waals surface area contributed by atoms with Crippen LogP contribution < -0.4 is 16.8 Å². The average Bonchev–Trinajstić information content (AvgIpc) is 3.18. The number of nitrogen functional groups attached to an aromatic ring is 2. The molecular formula is C18H21N7O7S2. The van der Waals surface area contributed by atoms with Gasteiger partial charge in [0.05, 0.1) is 5.54 Å². The monoisotopic (exact) mass is 511 g/mol. The molecule has 1 atom stereocenters. The van der Waals surface area contributed by atoms with E-state index < -0.39 is 33.8 Å². The maximum Gasteiger partial charge on any atom is 0.418 e. The number of hydroxylamine groups is 2.